The fourth-order valence-corrected chi connectivity index (χ4v) is 6.53. The first-order chi connectivity index (χ1) is 27.3. The molecule has 8 N–H and O–H groups in total. The summed E-state index contributed by atoms with van der Waals surface area (Å²) in [7, 11) is 0. The lowest BCUT2D eigenvalue weighted by Gasteiger charge is -2.34. The average molecular weight is 737 g/mol. The van der Waals surface area contributed by atoms with Crippen LogP contribution < -0.4 is 41.9 Å². The zero-order valence-electron chi connectivity index (χ0n) is 30.5. The Bertz CT molecular complexity index is 2450. The summed E-state index contributed by atoms with van der Waals surface area (Å²) in [4.78, 5) is 0. The van der Waals surface area contributed by atoms with Crippen LogP contribution in [-0.2, 0) is 0 Å². The van der Waals surface area contributed by atoms with Gasteiger partial charge in [0.2, 0.25) is 0 Å². The molecule has 7 aromatic rings. The van der Waals surface area contributed by atoms with Gasteiger partial charge < -0.3 is 41.9 Å². The molecular formula is C48H40N4O4. The summed E-state index contributed by atoms with van der Waals surface area (Å²) < 4.78 is 25.4. The van der Waals surface area contributed by atoms with Crippen LogP contribution in [0.25, 0.3) is 27.8 Å². The summed E-state index contributed by atoms with van der Waals surface area (Å²) >= 11 is 0. The quantitative estimate of drug-likeness (QED) is 0.0759. The Morgan fingerprint density at radius 1 is 0.393 bits per heavy atom. The summed E-state index contributed by atoms with van der Waals surface area (Å²) in [6.45, 7) is 0. The summed E-state index contributed by atoms with van der Waals surface area (Å²) in [5.74, 6) is 2.98. The molecule has 0 spiro atoms. The minimum absolute atomic E-state index is 0.419. The molecule has 7 aromatic carbocycles. The molecule has 0 atom stereocenters. The maximum Gasteiger partial charge on any atom is 0.274 e. The second-order valence-electron chi connectivity index (χ2n) is 13.5. The fourth-order valence-electron chi connectivity index (χ4n) is 6.53. The van der Waals surface area contributed by atoms with E-state index in [1.807, 2.05) is 103 Å². The normalized spacial score (nSPS) is 13.0. The van der Waals surface area contributed by atoms with E-state index >= 15 is 0 Å². The molecule has 0 aliphatic heterocycles. The van der Waals surface area contributed by atoms with Crippen LogP contribution in [0, 0.1) is 0 Å². The first kappa shape index (κ1) is 35.4. The number of rotatable bonds is 11. The van der Waals surface area contributed by atoms with Crippen molar-refractivity contribution >= 4 is 28.3 Å². The molecule has 8 rings (SSSR count). The van der Waals surface area contributed by atoms with Crippen molar-refractivity contribution in [2.45, 2.75) is 12.2 Å². The molecule has 8 nitrogen and oxygen atoms in total. The van der Waals surface area contributed by atoms with E-state index < -0.39 is 5.79 Å². The number of allylic oxidation sites excluding steroid dienone is 2. The van der Waals surface area contributed by atoms with Crippen LogP contribution in [0.1, 0.15) is 12.0 Å². The van der Waals surface area contributed by atoms with Crippen LogP contribution in [0.5, 0.6) is 34.5 Å². The largest absolute Gasteiger partial charge is 0.457 e. The first-order valence-corrected chi connectivity index (χ1v) is 18.2. The van der Waals surface area contributed by atoms with Gasteiger partial charge in [0.1, 0.15) is 34.5 Å². The molecule has 1 aliphatic rings. The number of benzene rings is 7. The molecular weight excluding hydrogens is 697 g/mol. The van der Waals surface area contributed by atoms with Crippen molar-refractivity contribution in [1.29, 1.82) is 0 Å². The Hall–Kier alpha value is -7.58. The van der Waals surface area contributed by atoms with Gasteiger partial charge in [-0.25, -0.2) is 0 Å². The number of anilines is 4. The number of hydrogen-bond donors (Lipinski definition) is 4. The van der Waals surface area contributed by atoms with E-state index in [1.54, 1.807) is 24.3 Å². The Labute approximate surface area is 325 Å². The third kappa shape index (κ3) is 8.15. The molecule has 0 amide bonds. The highest BCUT2D eigenvalue weighted by Gasteiger charge is 2.34. The standard InChI is InChI=1S/C48H40N4O4/c49-35-8-20-41(21-9-35)53-39-16-4-32(5-17-39)45-2-1-3-46(47(45)34-6-18-40(19-7-34)54-42-22-10-36(50)11-23-42)33-28-30-48(31-29-33,55-43-24-12-37(51)13-25-43)56-44-26-14-38(52)15-27-44/h1-30H,31,49-52H2. The second kappa shape index (κ2) is 15.4. The molecule has 56 heavy (non-hydrogen) atoms. The lowest BCUT2D eigenvalue weighted by molar-refractivity contribution is -0.0685. The minimum Gasteiger partial charge on any atom is -0.457 e. The van der Waals surface area contributed by atoms with Crippen LogP contribution >= 0.6 is 0 Å². The predicted octanol–water partition coefficient (Wildman–Crippen LogP) is 11.1. The molecule has 0 radical (unpaired) electrons. The predicted molar refractivity (Wildman–Crippen MR) is 227 cm³/mol. The smallest absolute Gasteiger partial charge is 0.274 e. The second-order valence-corrected chi connectivity index (χ2v) is 13.5. The third-order valence-corrected chi connectivity index (χ3v) is 9.38. The molecule has 0 saturated heterocycles. The summed E-state index contributed by atoms with van der Waals surface area (Å²) in [6, 6.07) is 51.9. The van der Waals surface area contributed by atoms with Crippen molar-refractivity contribution in [3.63, 3.8) is 0 Å². The lowest BCUT2D eigenvalue weighted by Crippen LogP contribution is -2.41. The number of nitrogen functional groups attached to an aromatic ring is 4. The van der Waals surface area contributed by atoms with E-state index in [0.717, 1.165) is 39.1 Å². The average Bonchev–Trinajstić information content (AvgIpc) is 3.22. The first-order valence-electron chi connectivity index (χ1n) is 18.2. The van der Waals surface area contributed by atoms with Crippen LogP contribution in [0.15, 0.2) is 182 Å². The SMILES string of the molecule is Nc1ccc(Oc2ccc(-c3cccc(C4=CCC(Oc5ccc(N)cc5)(Oc5ccc(N)cc5)C=C4)c3-c3ccc(Oc4ccc(N)cc4)cc3)cc2)cc1. The molecule has 0 aromatic heterocycles. The zero-order valence-corrected chi connectivity index (χ0v) is 30.5. The van der Waals surface area contributed by atoms with Gasteiger partial charge in [0.25, 0.3) is 5.79 Å². The molecule has 0 saturated carbocycles. The van der Waals surface area contributed by atoms with Crippen molar-refractivity contribution in [3.8, 4) is 56.8 Å². The Kier molecular flexibility index (Phi) is 9.76. The van der Waals surface area contributed by atoms with Crippen molar-refractivity contribution < 1.29 is 18.9 Å². The summed E-state index contributed by atoms with van der Waals surface area (Å²) in [5.41, 5.74) is 32.6. The van der Waals surface area contributed by atoms with E-state index in [9.17, 15) is 0 Å². The van der Waals surface area contributed by atoms with E-state index in [1.165, 1.54) is 0 Å². The van der Waals surface area contributed by atoms with Crippen LogP contribution in [0.3, 0.4) is 0 Å². The third-order valence-electron chi connectivity index (χ3n) is 9.38. The van der Waals surface area contributed by atoms with E-state index in [4.69, 9.17) is 41.9 Å². The van der Waals surface area contributed by atoms with Gasteiger partial charge >= 0.3 is 0 Å². The maximum absolute atomic E-state index is 6.57. The van der Waals surface area contributed by atoms with Crippen LogP contribution in [0.2, 0.25) is 0 Å². The van der Waals surface area contributed by atoms with Gasteiger partial charge in [-0.15, -0.1) is 0 Å². The van der Waals surface area contributed by atoms with Gasteiger partial charge in [-0.1, -0.05) is 54.6 Å². The van der Waals surface area contributed by atoms with E-state index in [2.05, 4.69) is 54.6 Å². The highest BCUT2D eigenvalue weighted by Crippen LogP contribution is 2.42. The number of nitrogens with two attached hydrogens (primary N) is 4. The van der Waals surface area contributed by atoms with Crippen molar-refractivity contribution in [2.75, 3.05) is 22.9 Å². The van der Waals surface area contributed by atoms with E-state index in [0.29, 0.717) is 57.9 Å². The van der Waals surface area contributed by atoms with Gasteiger partial charge in [-0.3, -0.25) is 0 Å². The Morgan fingerprint density at radius 2 is 0.768 bits per heavy atom. The number of hydrogen-bond acceptors (Lipinski definition) is 8. The molecule has 0 unspecified atom stereocenters. The molecule has 8 heteroatoms. The number of ether oxygens (including phenoxy) is 4. The van der Waals surface area contributed by atoms with E-state index in [-0.39, 0.29) is 0 Å². The van der Waals surface area contributed by atoms with Crippen LogP contribution in [0.4, 0.5) is 22.7 Å². The summed E-state index contributed by atoms with van der Waals surface area (Å²) in [5, 5.41) is 0. The molecule has 276 valence electrons. The molecule has 0 bridgehead atoms. The highest BCUT2D eigenvalue weighted by atomic mass is 16.7. The monoisotopic (exact) mass is 736 g/mol. The zero-order chi connectivity index (χ0) is 38.5. The Balaban J connectivity index is 1.15. The topological polar surface area (TPSA) is 141 Å². The van der Waals surface area contributed by atoms with Gasteiger partial charge in [-0.2, -0.15) is 0 Å². The maximum atomic E-state index is 6.57. The van der Waals surface area contributed by atoms with Gasteiger partial charge in [0.15, 0.2) is 0 Å². The molecule has 1 aliphatic carbocycles. The Morgan fingerprint density at radius 3 is 1.18 bits per heavy atom. The van der Waals surface area contributed by atoms with Crippen molar-refractivity contribution in [2.24, 2.45) is 0 Å². The van der Waals surface area contributed by atoms with Gasteiger partial charge in [0.05, 0.1) is 0 Å². The minimum atomic E-state index is -1.13. The van der Waals surface area contributed by atoms with Gasteiger partial charge in [0, 0.05) is 35.2 Å². The summed E-state index contributed by atoms with van der Waals surface area (Å²) in [6.07, 6.45) is 6.60. The van der Waals surface area contributed by atoms with Crippen molar-refractivity contribution in [3.05, 3.63) is 188 Å². The fraction of sp³-hybridized carbons (Fsp3) is 0.0417. The molecule has 0 heterocycles. The highest BCUT2D eigenvalue weighted by molar-refractivity contribution is 5.94. The lowest BCUT2D eigenvalue weighted by atomic mass is 9.85. The van der Waals surface area contributed by atoms with Crippen molar-refractivity contribution in [1.82, 2.24) is 0 Å². The molecule has 0 fully saturated rings. The van der Waals surface area contributed by atoms with Crippen LogP contribution in [-0.4, -0.2) is 5.79 Å². The van der Waals surface area contributed by atoms with Gasteiger partial charge in [-0.05, 0) is 155 Å².